The number of amides is 1. The zero-order valence-electron chi connectivity index (χ0n) is 19.0. The minimum atomic E-state index is -0.583. The normalized spacial score (nSPS) is 25.6. The number of aliphatic hydroxyl groups is 1. The summed E-state index contributed by atoms with van der Waals surface area (Å²) in [5.74, 6) is 0.793. The van der Waals surface area contributed by atoms with E-state index in [1.807, 2.05) is 0 Å². The summed E-state index contributed by atoms with van der Waals surface area (Å²) < 4.78 is 13.2. The molecule has 1 aliphatic carbocycles. The van der Waals surface area contributed by atoms with E-state index in [0.717, 1.165) is 37.3 Å². The van der Waals surface area contributed by atoms with Gasteiger partial charge in [0.1, 0.15) is 5.82 Å². The van der Waals surface area contributed by atoms with E-state index in [0.29, 0.717) is 30.8 Å². The fourth-order valence-electron chi connectivity index (χ4n) is 6.68. The van der Waals surface area contributed by atoms with E-state index in [9.17, 15) is 14.3 Å². The number of carbonyl (C=O) groups is 1. The van der Waals surface area contributed by atoms with Crippen LogP contribution in [0.2, 0.25) is 0 Å². The Morgan fingerprint density at radius 2 is 1.82 bits per heavy atom. The average molecular weight is 450 g/mol. The summed E-state index contributed by atoms with van der Waals surface area (Å²) in [6, 6.07) is 11.1. The van der Waals surface area contributed by atoms with Crippen molar-refractivity contribution in [2.75, 3.05) is 36.4 Å². The number of piperidine rings is 1. The number of anilines is 2. The van der Waals surface area contributed by atoms with Crippen molar-refractivity contribution in [1.29, 1.82) is 0 Å². The molecule has 1 amide bonds. The van der Waals surface area contributed by atoms with E-state index in [1.54, 1.807) is 12.1 Å². The van der Waals surface area contributed by atoms with Crippen molar-refractivity contribution in [3.63, 3.8) is 0 Å². The molecule has 1 saturated heterocycles. The zero-order valence-corrected chi connectivity index (χ0v) is 19.0. The zero-order chi connectivity index (χ0) is 22.5. The molecule has 3 aliphatic heterocycles. The van der Waals surface area contributed by atoms with Crippen molar-refractivity contribution in [1.82, 2.24) is 4.90 Å². The Morgan fingerprint density at radius 1 is 1.06 bits per heavy atom. The highest BCUT2D eigenvalue weighted by Gasteiger charge is 2.46. The summed E-state index contributed by atoms with van der Waals surface area (Å²) >= 11 is 0. The first-order valence-electron chi connectivity index (χ1n) is 12.5. The third-order valence-corrected chi connectivity index (χ3v) is 8.34. The summed E-state index contributed by atoms with van der Waals surface area (Å²) in [6.45, 7) is 3.18. The molecule has 2 aromatic rings. The first-order valence-corrected chi connectivity index (χ1v) is 12.5. The molecule has 0 aromatic heterocycles. The minimum absolute atomic E-state index is 0.115. The fraction of sp³-hybridized carbons (Fsp3) is 0.519. The van der Waals surface area contributed by atoms with Gasteiger partial charge in [-0.05, 0) is 60.4 Å². The van der Waals surface area contributed by atoms with Crippen molar-refractivity contribution >= 4 is 17.3 Å². The summed E-state index contributed by atoms with van der Waals surface area (Å²) in [7, 11) is 0. The van der Waals surface area contributed by atoms with E-state index >= 15 is 0 Å². The second-order valence-electron chi connectivity index (χ2n) is 10.2. The number of likely N-dealkylation sites (tertiary alicyclic amines) is 1. The maximum absolute atomic E-state index is 13.2. The van der Waals surface area contributed by atoms with E-state index in [4.69, 9.17) is 0 Å². The molecule has 0 spiro atoms. The Morgan fingerprint density at radius 3 is 2.61 bits per heavy atom. The van der Waals surface area contributed by atoms with Crippen LogP contribution >= 0.6 is 0 Å². The Kier molecular flexibility index (Phi) is 5.38. The molecular weight excluding hydrogens is 417 g/mol. The van der Waals surface area contributed by atoms with E-state index in [2.05, 4.69) is 27.2 Å². The van der Waals surface area contributed by atoms with E-state index in [-0.39, 0.29) is 11.7 Å². The van der Waals surface area contributed by atoms with Crippen molar-refractivity contribution in [2.24, 2.45) is 0 Å². The summed E-state index contributed by atoms with van der Waals surface area (Å²) in [6.07, 6.45) is 6.08. The number of nitrogens with zero attached hydrogens (tertiary/aromatic N) is 2. The van der Waals surface area contributed by atoms with Gasteiger partial charge in [0.15, 0.2) is 0 Å². The van der Waals surface area contributed by atoms with Gasteiger partial charge in [-0.2, -0.15) is 0 Å². The molecule has 6 heteroatoms. The van der Waals surface area contributed by atoms with Gasteiger partial charge < -0.3 is 20.2 Å². The lowest BCUT2D eigenvalue weighted by atomic mass is 9.87. The van der Waals surface area contributed by atoms with E-state index in [1.165, 1.54) is 54.6 Å². The molecule has 5 nitrogen and oxygen atoms in total. The molecular formula is C27H32FN3O2. The highest BCUT2D eigenvalue weighted by Crippen LogP contribution is 2.53. The molecule has 33 heavy (non-hydrogen) atoms. The summed E-state index contributed by atoms with van der Waals surface area (Å²) in [5, 5.41) is 13.8. The Labute approximate surface area is 194 Å². The van der Waals surface area contributed by atoms with Crippen LogP contribution < -0.4 is 10.2 Å². The number of hydrogen-bond donors (Lipinski definition) is 2. The molecule has 3 heterocycles. The molecule has 2 fully saturated rings. The van der Waals surface area contributed by atoms with Crippen LogP contribution in [0.5, 0.6) is 0 Å². The number of nitrogens with one attached hydrogen (secondary N) is 1. The Bertz CT molecular complexity index is 1050. The third kappa shape index (κ3) is 3.73. The molecule has 6 rings (SSSR count). The number of hydrogen-bond acceptors (Lipinski definition) is 4. The molecule has 2 N–H and O–H groups in total. The third-order valence-electron chi connectivity index (χ3n) is 8.34. The average Bonchev–Trinajstić information content (AvgIpc) is 3.46. The highest BCUT2D eigenvalue weighted by atomic mass is 19.1. The van der Waals surface area contributed by atoms with Gasteiger partial charge in [0, 0.05) is 31.6 Å². The first kappa shape index (κ1) is 21.1. The Balaban J connectivity index is 1.20. The van der Waals surface area contributed by atoms with Crippen LogP contribution in [0.25, 0.3) is 0 Å². The molecule has 4 aliphatic rings. The van der Waals surface area contributed by atoms with Crippen molar-refractivity contribution in [2.45, 2.75) is 62.5 Å². The molecule has 0 radical (unpaired) electrons. The largest absolute Gasteiger partial charge is 0.388 e. The number of carbonyl (C=O) groups excluding carboxylic acids is 1. The first-order chi connectivity index (χ1) is 16.1. The van der Waals surface area contributed by atoms with Gasteiger partial charge >= 0.3 is 0 Å². The van der Waals surface area contributed by atoms with Crippen LogP contribution in [-0.4, -0.2) is 48.1 Å². The van der Waals surface area contributed by atoms with Crippen molar-refractivity contribution in [3.8, 4) is 0 Å². The number of aliphatic hydroxyl groups excluding tert-OH is 1. The van der Waals surface area contributed by atoms with Crippen molar-refractivity contribution < 1.29 is 14.3 Å². The standard InChI is InChI=1S/C27H32FN3O2/c28-19-7-5-18(6-8-19)24(32)12-14-30-13-11-23-22(15-30)21-10-9-20(17-3-1-2-4-17)26-27(21)31(23)16-25(33)29-26/h5-10,17,22-24,32H,1-4,11-16H2,(H,29,33)/t22-,23-,24?/m0/s1. The van der Waals surface area contributed by atoms with Crippen LogP contribution in [0, 0.1) is 5.82 Å². The lowest BCUT2D eigenvalue weighted by Crippen LogP contribution is -2.49. The molecule has 2 aromatic carbocycles. The number of halogens is 1. The maximum atomic E-state index is 13.2. The molecule has 0 bridgehead atoms. The van der Waals surface area contributed by atoms with Crippen LogP contribution in [0.15, 0.2) is 36.4 Å². The summed E-state index contributed by atoms with van der Waals surface area (Å²) in [5.41, 5.74) is 5.84. The number of fused-ring (bicyclic) bond motifs is 3. The minimum Gasteiger partial charge on any atom is -0.388 e. The van der Waals surface area contributed by atoms with Crippen LogP contribution in [0.1, 0.15) is 73.2 Å². The lowest BCUT2D eigenvalue weighted by Gasteiger charge is -2.40. The van der Waals surface area contributed by atoms with Gasteiger partial charge in [0.25, 0.3) is 0 Å². The SMILES string of the molecule is O=C1CN2c3c(ccc(C4CCCC4)c3N1)[C@@H]1CN(CCC(O)c3ccc(F)cc3)CC[C@@H]12. The second-order valence-corrected chi connectivity index (χ2v) is 10.2. The molecule has 1 unspecified atom stereocenters. The van der Waals surface area contributed by atoms with Crippen LogP contribution in [0.3, 0.4) is 0 Å². The fourth-order valence-corrected chi connectivity index (χ4v) is 6.68. The predicted octanol–water partition coefficient (Wildman–Crippen LogP) is 4.54. The van der Waals surface area contributed by atoms with E-state index < -0.39 is 6.10 Å². The van der Waals surface area contributed by atoms with Crippen LogP contribution in [0.4, 0.5) is 15.8 Å². The van der Waals surface area contributed by atoms with Gasteiger partial charge in [-0.25, -0.2) is 4.39 Å². The van der Waals surface area contributed by atoms with Gasteiger partial charge in [-0.3, -0.25) is 4.79 Å². The topological polar surface area (TPSA) is 55.8 Å². The van der Waals surface area contributed by atoms with Gasteiger partial charge in [-0.1, -0.05) is 37.1 Å². The van der Waals surface area contributed by atoms with Crippen LogP contribution in [-0.2, 0) is 4.79 Å². The smallest absolute Gasteiger partial charge is 0.243 e. The predicted molar refractivity (Wildman–Crippen MR) is 127 cm³/mol. The van der Waals surface area contributed by atoms with Gasteiger partial charge in [-0.15, -0.1) is 0 Å². The Hall–Kier alpha value is -2.44. The van der Waals surface area contributed by atoms with Crippen molar-refractivity contribution in [3.05, 3.63) is 58.9 Å². The number of rotatable bonds is 5. The lowest BCUT2D eigenvalue weighted by molar-refractivity contribution is -0.115. The molecule has 1 saturated carbocycles. The van der Waals surface area contributed by atoms with Gasteiger partial charge in [0.05, 0.1) is 24.0 Å². The molecule has 174 valence electrons. The molecule has 3 atom stereocenters. The number of benzene rings is 2. The summed E-state index contributed by atoms with van der Waals surface area (Å²) in [4.78, 5) is 17.5. The monoisotopic (exact) mass is 449 g/mol. The second kappa shape index (κ2) is 8.41. The maximum Gasteiger partial charge on any atom is 0.243 e. The van der Waals surface area contributed by atoms with Gasteiger partial charge in [0.2, 0.25) is 5.91 Å². The quantitative estimate of drug-likeness (QED) is 0.704. The highest BCUT2D eigenvalue weighted by molar-refractivity contribution is 6.04.